The van der Waals surface area contributed by atoms with Crippen molar-refractivity contribution in [1.82, 2.24) is 0 Å². The quantitative estimate of drug-likeness (QED) is 0.332. The molecule has 1 aromatic heterocycles. The summed E-state index contributed by atoms with van der Waals surface area (Å²) in [7, 11) is 4.57. The predicted octanol–water partition coefficient (Wildman–Crippen LogP) is 3.88. The van der Waals surface area contributed by atoms with Gasteiger partial charge in [-0.25, -0.2) is 9.59 Å². The van der Waals surface area contributed by atoms with E-state index in [2.05, 4.69) is 0 Å². The molecule has 3 aromatic rings. The van der Waals surface area contributed by atoms with Gasteiger partial charge in [0.15, 0.2) is 11.5 Å². The van der Waals surface area contributed by atoms with Crippen LogP contribution < -0.4 is 19.8 Å². The summed E-state index contributed by atoms with van der Waals surface area (Å²) in [6.45, 7) is 1.84. The molecule has 0 N–H and O–H groups in total. The minimum absolute atomic E-state index is 0.0581. The molecule has 7 nitrogen and oxygen atoms in total. The van der Waals surface area contributed by atoms with Gasteiger partial charge in [0.2, 0.25) is 0 Å². The largest absolute Gasteiger partial charge is 0.496 e. The van der Waals surface area contributed by atoms with Gasteiger partial charge < -0.3 is 23.4 Å². The fourth-order valence-corrected chi connectivity index (χ4v) is 2.99. The Morgan fingerprint density at radius 3 is 2.37 bits per heavy atom. The molecule has 0 spiro atoms. The molecule has 0 atom stereocenters. The monoisotopic (exact) mass is 410 g/mol. The van der Waals surface area contributed by atoms with Crippen LogP contribution in [0.15, 0.2) is 51.7 Å². The Morgan fingerprint density at radius 1 is 0.967 bits per heavy atom. The second kappa shape index (κ2) is 9.17. The number of carbonyl (C=O) groups excluding carboxylic acids is 1. The maximum Gasteiger partial charge on any atom is 0.336 e. The van der Waals surface area contributed by atoms with Gasteiger partial charge in [0.1, 0.15) is 17.9 Å². The van der Waals surface area contributed by atoms with Gasteiger partial charge in [-0.1, -0.05) is 12.1 Å². The maximum absolute atomic E-state index is 12.2. The van der Waals surface area contributed by atoms with Gasteiger partial charge >= 0.3 is 11.6 Å². The molecule has 0 radical (unpaired) electrons. The minimum atomic E-state index is -0.569. The summed E-state index contributed by atoms with van der Waals surface area (Å²) in [5.74, 6) is 0.960. The summed E-state index contributed by atoms with van der Waals surface area (Å²) in [6.07, 6.45) is 2.84. The summed E-state index contributed by atoms with van der Waals surface area (Å²) in [5, 5.41) is 0.721. The van der Waals surface area contributed by atoms with E-state index < -0.39 is 11.6 Å². The van der Waals surface area contributed by atoms with Gasteiger partial charge in [0, 0.05) is 34.7 Å². The van der Waals surface area contributed by atoms with Crippen LogP contribution in [0, 0.1) is 6.92 Å². The molecular formula is C23H22O7. The summed E-state index contributed by atoms with van der Waals surface area (Å²) in [5.41, 5.74) is 2.12. The third kappa shape index (κ3) is 4.63. The standard InChI is InChI=1S/C23H22O7/c1-14-5-7-17-16(11-23(25)30-19(17)9-14)13-29-22(24)8-6-15-10-20(27-3)21(28-4)12-18(15)26-2/h5-12H,13H2,1-4H3/b8-6+. The van der Waals surface area contributed by atoms with E-state index in [-0.39, 0.29) is 6.61 Å². The van der Waals surface area contributed by atoms with Crippen LogP contribution in [0.4, 0.5) is 0 Å². The molecule has 30 heavy (non-hydrogen) atoms. The molecule has 0 bridgehead atoms. The van der Waals surface area contributed by atoms with Crippen LogP contribution in [0.2, 0.25) is 0 Å². The Hall–Kier alpha value is -3.74. The third-order valence-corrected chi connectivity index (χ3v) is 4.49. The summed E-state index contributed by atoms with van der Waals surface area (Å²) in [6, 6.07) is 10.2. The highest BCUT2D eigenvalue weighted by Gasteiger charge is 2.11. The van der Waals surface area contributed by atoms with Crippen LogP contribution in [0.25, 0.3) is 17.0 Å². The van der Waals surface area contributed by atoms with Gasteiger partial charge in [-0.3, -0.25) is 0 Å². The zero-order valence-corrected chi connectivity index (χ0v) is 17.2. The predicted molar refractivity (Wildman–Crippen MR) is 112 cm³/mol. The van der Waals surface area contributed by atoms with Crippen molar-refractivity contribution in [2.24, 2.45) is 0 Å². The number of ether oxygens (including phenoxy) is 4. The normalized spacial score (nSPS) is 10.9. The number of hydrogen-bond acceptors (Lipinski definition) is 7. The number of carbonyl (C=O) groups is 1. The number of hydrogen-bond donors (Lipinski definition) is 0. The van der Waals surface area contributed by atoms with E-state index in [0.717, 1.165) is 10.9 Å². The Labute approximate surface area is 173 Å². The maximum atomic E-state index is 12.2. The van der Waals surface area contributed by atoms with Crippen LogP contribution in [0.5, 0.6) is 17.2 Å². The molecule has 0 saturated heterocycles. The minimum Gasteiger partial charge on any atom is -0.496 e. The van der Waals surface area contributed by atoms with Crippen molar-refractivity contribution >= 4 is 23.0 Å². The second-order valence-electron chi connectivity index (χ2n) is 6.48. The lowest BCUT2D eigenvalue weighted by Crippen LogP contribution is -2.05. The third-order valence-electron chi connectivity index (χ3n) is 4.49. The topological polar surface area (TPSA) is 84.2 Å². The molecule has 0 saturated carbocycles. The molecule has 0 fully saturated rings. The first kappa shape index (κ1) is 21.0. The van der Waals surface area contributed by atoms with E-state index >= 15 is 0 Å². The van der Waals surface area contributed by atoms with Crippen molar-refractivity contribution in [2.75, 3.05) is 21.3 Å². The van der Waals surface area contributed by atoms with E-state index in [4.69, 9.17) is 23.4 Å². The molecule has 156 valence electrons. The van der Waals surface area contributed by atoms with Crippen molar-refractivity contribution in [3.05, 3.63) is 69.6 Å². The van der Waals surface area contributed by atoms with Gasteiger partial charge in [-0.2, -0.15) is 0 Å². The van der Waals surface area contributed by atoms with Crippen LogP contribution in [-0.4, -0.2) is 27.3 Å². The lowest BCUT2D eigenvalue weighted by atomic mass is 10.1. The van der Waals surface area contributed by atoms with Crippen molar-refractivity contribution < 1.29 is 28.2 Å². The molecule has 7 heteroatoms. The molecule has 0 aliphatic carbocycles. The SMILES string of the molecule is COc1cc(OC)c(OC)cc1/C=C/C(=O)OCc1cc(=O)oc2cc(C)ccc12. The smallest absolute Gasteiger partial charge is 0.336 e. The van der Waals surface area contributed by atoms with Crippen molar-refractivity contribution in [3.8, 4) is 17.2 Å². The fraction of sp³-hybridized carbons (Fsp3) is 0.217. The van der Waals surface area contributed by atoms with Crippen LogP contribution in [-0.2, 0) is 16.1 Å². The number of aryl methyl sites for hydroxylation is 1. The van der Waals surface area contributed by atoms with Crippen molar-refractivity contribution in [3.63, 3.8) is 0 Å². The van der Waals surface area contributed by atoms with Crippen molar-refractivity contribution in [1.29, 1.82) is 0 Å². The number of esters is 1. The highest BCUT2D eigenvalue weighted by molar-refractivity contribution is 5.88. The summed E-state index contributed by atoms with van der Waals surface area (Å²) < 4.78 is 26.4. The van der Waals surface area contributed by atoms with E-state index in [1.165, 1.54) is 33.5 Å². The number of benzene rings is 2. The zero-order valence-electron chi connectivity index (χ0n) is 17.2. The molecule has 3 rings (SSSR count). The fourth-order valence-electron chi connectivity index (χ4n) is 2.99. The van der Waals surface area contributed by atoms with Gasteiger partial charge in [0.05, 0.1) is 21.3 Å². The number of fused-ring (bicyclic) bond motifs is 1. The van der Waals surface area contributed by atoms with Gasteiger partial charge in [-0.15, -0.1) is 0 Å². The average Bonchev–Trinajstić information content (AvgIpc) is 2.74. The summed E-state index contributed by atoms with van der Waals surface area (Å²) in [4.78, 5) is 24.0. The second-order valence-corrected chi connectivity index (χ2v) is 6.48. The Bertz CT molecular complexity index is 1160. The highest BCUT2D eigenvalue weighted by atomic mass is 16.5. The Balaban J connectivity index is 1.78. The molecule has 0 aliphatic heterocycles. The molecule has 0 aliphatic rings. The van der Waals surface area contributed by atoms with E-state index in [0.29, 0.717) is 34.0 Å². The molecule has 0 amide bonds. The van der Waals surface area contributed by atoms with E-state index in [1.54, 1.807) is 24.3 Å². The molecule has 1 heterocycles. The Morgan fingerprint density at radius 2 is 1.67 bits per heavy atom. The van der Waals surface area contributed by atoms with E-state index in [1.807, 2.05) is 19.1 Å². The molecule has 0 unspecified atom stereocenters. The van der Waals surface area contributed by atoms with Crippen LogP contribution in [0.1, 0.15) is 16.7 Å². The summed E-state index contributed by atoms with van der Waals surface area (Å²) >= 11 is 0. The van der Waals surface area contributed by atoms with Gasteiger partial charge in [0.25, 0.3) is 0 Å². The first-order valence-electron chi connectivity index (χ1n) is 9.13. The number of methoxy groups -OCH3 is 3. The molecular weight excluding hydrogens is 388 g/mol. The first-order chi connectivity index (χ1) is 14.4. The van der Waals surface area contributed by atoms with Crippen molar-refractivity contribution in [2.45, 2.75) is 13.5 Å². The van der Waals surface area contributed by atoms with Crippen LogP contribution >= 0.6 is 0 Å². The van der Waals surface area contributed by atoms with Gasteiger partial charge in [-0.05, 0) is 30.7 Å². The average molecular weight is 410 g/mol. The Kier molecular flexibility index (Phi) is 6.41. The van der Waals surface area contributed by atoms with E-state index in [9.17, 15) is 9.59 Å². The lowest BCUT2D eigenvalue weighted by Gasteiger charge is -2.12. The lowest BCUT2D eigenvalue weighted by molar-refractivity contribution is -0.138. The number of rotatable bonds is 7. The van der Waals surface area contributed by atoms with Crippen LogP contribution in [0.3, 0.4) is 0 Å². The highest BCUT2D eigenvalue weighted by Crippen LogP contribution is 2.35. The molecule has 2 aromatic carbocycles. The zero-order chi connectivity index (χ0) is 21.7. The first-order valence-corrected chi connectivity index (χ1v) is 9.13.